The summed E-state index contributed by atoms with van der Waals surface area (Å²) in [5, 5.41) is 11.3. The van der Waals surface area contributed by atoms with Crippen LogP contribution in [0.3, 0.4) is 0 Å². The van der Waals surface area contributed by atoms with Gasteiger partial charge in [0.25, 0.3) is 11.8 Å². The third kappa shape index (κ3) is 4.54. The number of hydrogen-bond acceptors (Lipinski definition) is 5. The van der Waals surface area contributed by atoms with Crippen molar-refractivity contribution in [2.75, 3.05) is 10.6 Å². The number of furan rings is 1. The summed E-state index contributed by atoms with van der Waals surface area (Å²) in [5.41, 5.74) is 1.80. The number of benzene rings is 3. The predicted molar refractivity (Wildman–Crippen MR) is 133 cm³/mol. The number of hydrogen-bond donors (Lipinski definition) is 4. The second kappa shape index (κ2) is 9.03. The molecular formula is C27H22N4O5. The summed E-state index contributed by atoms with van der Waals surface area (Å²) in [5.74, 6) is -0.859. The molecule has 2 heterocycles. The molecule has 9 nitrogen and oxygen atoms in total. The molecule has 36 heavy (non-hydrogen) atoms. The summed E-state index contributed by atoms with van der Waals surface area (Å²) in [4.78, 5) is 48.9. The lowest BCUT2D eigenvalue weighted by atomic mass is 9.92. The number of carbonyl (C=O) groups is 4. The molecule has 1 aliphatic heterocycles. The smallest absolute Gasteiger partial charge is 0.322 e. The molecule has 4 N–H and O–H groups in total. The summed E-state index contributed by atoms with van der Waals surface area (Å²) in [6.45, 7) is 1.60. The zero-order chi connectivity index (χ0) is 25.3. The van der Waals surface area contributed by atoms with E-state index in [0.717, 1.165) is 10.9 Å². The van der Waals surface area contributed by atoms with Crippen LogP contribution in [0.2, 0.25) is 0 Å². The number of para-hydroxylation sites is 1. The summed E-state index contributed by atoms with van der Waals surface area (Å²) >= 11 is 0. The molecule has 1 atom stereocenters. The topological polar surface area (TPSA) is 130 Å². The first-order chi connectivity index (χ1) is 17.3. The summed E-state index contributed by atoms with van der Waals surface area (Å²) in [7, 11) is 0. The largest absolute Gasteiger partial charge is 0.451 e. The van der Waals surface area contributed by atoms with Gasteiger partial charge in [0.2, 0.25) is 5.91 Å². The van der Waals surface area contributed by atoms with E-state index < -0.39 is 17.5 Å². The fraction of sp³-hybridized carbons (Fsp3) is 0.111. The quantitative estimate of drug-likeness (QED) is 0.310. The molecule has 5 amide bonds. The monoisotopic (exact) mass is 482 g/mol. The van der Waals surface area contributed by atoms with Crippen LogP contribution in [0.15, 0.2) is 83.3 Å². The van der Waals surface area contributed by atoms with Gasteiger partial charge in [-0.05, 0) is 54.4 Å². The van der Waals surface area contributed by atoms with E-state index in [0.29, 0.717) is 22.5 Å². The predicted octanol–water partition coefficient (Wildman–Crippen LogP) is 3.92. The van der Waals surface area contributed by atoms with Gasteiger partial charge in [-0.2, -0.15) is 0 Å². The van der Waals surface area contributed by atoms with E-state index in [1.54, 1.807) is 67.6 Å². The minimum atomic E-state index is -1.21. The van der Waals surface area contributed by atoms with Crippen molar-refractivity contribution in [2.45, 2.75) is 18.9 Å². The second-order valence-electron chi connectivity index (χ2n) is 8.64. The van der Waals surface area contributed by atoms with E-state index in [4.69, 9.17) is 4.42 Å². The Morgan fingerprint density at radius 2 is 1.67 bits per heavy atom. The van der Waals surface area contributed by atoms with Gasteiger partial charge < -0.3 is 20.4 Å². The first-order valence-electron chi connectivity index (χ1n) is 11.2. The highest BCUT2D eigenvalue weighted by Gasteiger charge is 2.43. The number of imide groups is 1. The minimum Gasteiger partial charge on any atom is -0.451 e. The van der Waals surface area contributed by atoms with Gasteiger partial charge >= 0.3 is 6.03 Å². The average molecular weight is 482 g/mol. The normalized spacial score (nSPS) is 16.9. The maximum absolute atomic E-state index is 12.6. The molecule has 5 rings (SSSR count). The zero-order valence-electron chi connectivity index (χ0n) is 19.3. The number of rotatable bonds is 6. The fourth-order valence-electron chi connectivity index (χ4n) is 4.04. The van der Waals surface area contributed by atoms with Crippen molar-refractivity contribution in [3.63, 3.8) is 0 Å². The van der Waals surface area contributed by atoms with Gasteiger partial charge in [0.1, 0.15) is 11.1 Å². The molecule has 1 unspecified atom stereocenters. The number of urea groups is 1. The summed E-state index contributed by atoms with van der Waals surface area (Å²) in [6.07, 6.45) is 0.108. The van der Waals surface area contributed by atoms with Gasteiger partial charge in [0.15, 0.2) is 5.76 Å². The van der Waals surface area contributed by atoms with Crippen molar-refractivity contribution in [2.24, 2.45) is 0 Å². The molecule has 1 aliphatic rings. The van der Waals surface area contributed by atoms with Crippen molar-refractivity contribution in [3.05, 3.63) is 95.7 Å². The number of anilines is 2. The van der Waals surface area contributed by atoms with Gasteiger partial charge in [-0.1, -0.05) is 42.5 Å². The molecule has 4 aromatic rings. The highest BCUT2D eigenvalue weighted by atomic mass is 16.3. The molecule has 0 spiro atoms. The lowest BCUT2D eigenvalue weighted by molar-refractivity contribution is -0.123. The third-order valence-corrected chi connectivity index (χ3v) is 5.99. The molecular weight excluding hydrogens is 460 g/mol. The Hall–Kier alpha value is -4.92. The Kier molecular flexibility index (Phi) is 5.73. The van der Waals surface area contributed by atoms with E-state index in [1.165, 1.54) is 0 Å². The molecule has 0 bridgehead atoms. The van der Waals surface area contributed by atoms with Crippen LogP contribution in [0.1, 0.15) is 28.6 Å². The Labute approximate surface area is 205 Å². The molecule has 3 aromatic carbocycles. The SMILES string of the molecule is CC1(c2cccc(NC(=O)Cc3ccc(NC(=O)c4cc5ccccc5o4)cc3)c2)NC(=O)NC1=O. The fourth-order valence-corrected chi connectivity index (χ4v) is 4.04. The van der Waals surface area contributed by atoms with Crippen molar-refractivity contribution < 1.29 is 23.6 Å². The average Bonchev–Trinajstić information content (AvgIpc) is 3.41. The van der Waals surface area contributed by atoms with Gasteiger partial charge in [-0.25, -0.2) is 4.79 Å². The molecule has 180 valence electrons. The van der Waals surface area contributed by atoms with E-state index in [1.807, 2.05) is 18.2 Å². The summed E-state index contributed by atoms with van der Waals surface area (Å²) < 4.78 is 5.59. The van der Waals surface area contributed by atoms with Crippen molar-refractivity contribution in [3.8, 4) is 0 Å². The van der Waals surface area contributed by atoms with E-state index >= 15 is 0 Å². The van der Waals surface area contributed by atoms with Crippen LogP contribution >= 0.6 is 0 Å². The molecule has 0 radical (unpaired) electrons. The lowest BCUT2D eigenvalue weighted by Crippen LogP contribution is -2.40. The van der Waals surface area contributed by atoms with Gasteiger partial charge in [0, 0.05) is 16.8 Å². The van der Waals surface area contributed by atoms with Crippen LogP contribution < -0.4 is 21.3 Å². The Balaban J connectivity index is 1.20. The van der Waals surface area contributed by atoms with E-state index in [9.17, 15) is 19.2 Å². The number of carbonyl (C=O) groups excluding carboxylic acids is 4. The van der Waals surface area contributed by atoms with Crippen LogP contribution in [0.5, 0.6) is 0 Å². The van der Waals surface area contributed by atoms with Crippen molar-refractivity contribution in [1.29, 1.82) is 0 Å². The van der Waals surface area contributed by atoms with Crippen LogP contribution in [0.25, 0.3) is 11.0 Å². The standard InChI is InChI=1S/C27H22N4O5/c1-27(25(34)30-26(35)31-27)18-6-4-7-20(15-18)28-23(32)13-16-9-11-19(12-10-16)29-24(33)22-14-17-5-2-3-8-21(17)36-22/h2-12,14-15H,13H2,1H3,(H,28,32)(H,29,33)(H2,30,31,34,35). The zero-order valence-corrected chi connectivity index (χ0v) is 19.3. The van der Waals surface area contributed by atoms with Crippen LogP contribution in [0.4, 0.5) is 16.2 Å². The highest BCUT2D eigenvalue weighted by Crippen LogP contribution is 2.26. The maximum atomic E-state index is 12.6. The van der Waals surface area contributed by atoms with Crippen molar-refractivity contribution in [1.82, 2.24) is 10.6 Å². The third-order valence-electron chi connectivity index (χ3n) is 5.99. The summed E-state index contributed by atoms with van der Waals surface area (Å²) in [6, 6.07) is 22.2. The van der Waals surface area contributed by atoms with Crippen molar-refractivity contribution >= 4 is 46.1 Å². The lowest BCUT2D eigenvalue weighted by Gasteiger charge is -2.21. The maximum Gasteiger partial charge on any atom is 0.322 e. The minimum absolute atomic E-state index is 0.108. The van der Waals surface area contributed by atoms with Gasteiger partial charge in [0.05, 0.1) is 6.42 Å². The van der Waals surface area contributed by atoms with Crippen LogP contribution in [0, 0.1) is 0 Å². The molecule has 9 heteroatoms. The Bertz CT molecular complexity index is 1480. The van der Waals surface area contributed by atoms with E-state index in [-0.39, 0.29) is 24.0 Å². The number of nitrogens with one attached hydrogen (secondary N) is 4. The number of fused-ring (bicyclic) bond motifs is 1. The molecule has 1 fully saturated rings. The number of amides is 5. The van der Waals surface area contributed by atoms with E-state index in [2.05, 4.69) is 21.3 Å². The molecule has 0 aliphatic carbocycles. The Morgan fingerprint density at radius 3 is 2.39 bits per heavy atom. The molecule has 1 saturated heterocycles. The van der Waals surface area contributed by atoms with Gasteiger partial charge in [-0.15, -0.1) is 0 Å². The van der Waals surface area contributed by atoms with Gasteiger partial charge in [-0.3, -0.25) is 19.7 Å². The Morgan fingerprint density at radius 1 is 0.889 bits per heavy atom. The second-order valence-corrected chi connectivity index (χ2v) is 8.64. The molecule has 1 aromatic heterocycles. The van der Waals surface area contributed by atoms with Crippen LogP contribution in [-0.2, 0) is 21.5 Å². The van der Waals surface area contributed by atoms with Crippen LogP contribution in [-0.4, -0.2) is 23.8 Å². The molecule has 0 saturated carbocycles. The highest BCUT2D eigenvalue weighted by molar-refractivity contribution is 6.07. The first kappa shape index (κ1) is 22.9. The first-order valence-corrected chi connectivity index (χ1v) is 11.2.